The van der Waals surface area contributed by atoms with Crippen LogP contribution in [0, 0.1) is 0 Å². The number of para-hydroxylation sites is 2. The van der Waals surface area contributed by atoms with Gasteiger partial charge < -0.3 is 10.2 Å². The summed E-state index contributed by atoms with van der Waals surface area (Å²) in [6.07, 6.45) is 6.47. The molecule has 1 saturated carbocycles. The third kappa shape index (κ3) is 3.37. The Bertz CT molecular complexity index is 1060. The van der Waals surface area contributed by atoms with E-state index < -0.39 is 0 Å². The van der Waals surface area contributed by atoms with Crippen LogP contribution in [0.4, 0.5) is 11.4 Å². The van der Waals surface area contributed by atoms with Crippen LogP contribution in [0.15, 0.2) is 36.5 Å². The van der Waals surface area contributed by atoms with Gasteiger partial charge in [0.2, 0.25) is 0 Å². The number of anilines is 2. The van der Waals surface area contributed by atoms with Gasteiger partial charge in [-0.3, -0.25) is 4.79 Å². The van der Waals surface area contributed by atoms with E-state index in [9.17, 15) is 4.79 Å². The van der Waals surface area contributed by atoms with Gasteiger partial charge in [0, 0.05) is 30.7 Å². The van der Waals surface area contributed by atoms with E-state index in [0.717, 1.165) is 54.0 Å². The topological polar surface area (TPSA) is 63.1 Å². The molecule has 3 aromatic rings. The molecule has 1 aliphatic carbocycles. The predicted octanol–water partition coefficient (Wildman–Crippen LogP) is 4.74. The van der Waals surface area contributed by atoms with Gasteiger partial charge in [-0.2, -0.15) is 5.10 Å². The number of hydrogen-bond acceptors (Lipinski definition) is 4. The molecule has 1 N–H and O–H groups in total. The molecule has 3 heterocycles. The quantitative estimate of drug-likeness (QED) is 0.684. The van der Waals surface area contributed by atoms with E-state index in [-0.39, 0.29) is 11.9 Å². The molecule has 6 heteroatoms. The Kier molecular flexibility index (Phi) is 4.49. The van der Waals surface area contributed by atoms with Crippen LogP contribution in [-0.4, -0.2) is 33.8 Å². The lowest BCUT2D eigenvalue weighted by Crippen LogP contribution is -2.21. The first-order valence-electron chi connectivity index (χ1n) is 10.7. The fourth-order valence-corrected chi connectivity index (χ4v) is 4.19. The second-order valence-corrected chi connectivity index (χ2v) is 8.45. The smallest absolute Gasteiger partial charge is 0.256 e. The van der Waals surface area contributed by atoms with Crippen LogP contribution in [0.3, 0.4) is 0 Å². The molecule has 0 spiro atoms. The molecule has 0 unspecified atom stereocenters. The average molecular weight is 390 g/mol. The summed E-state index contributed by atoms with van der Waals surface area (Å²) in [5.74, 6) is 0.382. The van der Waals surface area contributed by atoms with Gasteiger partial charge in [-0.25, -0.2) is 9.67 Å². The van der Waals surface area contributed by atoms with Crippen molar-refractivity contribution in [2.75, 3.05) is 23.3 Å². The molecule has 1 amide bonds. The molecule has 2 aromatic heterocycles. The van der Waals surface area contributed by atoms with Crippen LogP contribution in [0.5, 0.6) is 0 Å². The van der Waals surface area contributed by atoms with Crippen molar-refractivity contribution in [3.63, 3.8) is 0 Å². The van der Waals surface area contributed by atoms with Crippen LogP contribution in [-0.2, 0) is 0 Å². The maximum atomic E-state index is 13.4. The standard InChI is InChI=1S/C23H27N5O/c1-15(2)28-22-18(14-24-28)17(13-20(25-22)16-9-10-16)23(29)26-19-7-3-4-8-21(19)27-11-5-6-12-27/h3-4,7-8,13-16H,5-6,9-12H2,1-2H3,(H,26,29). The van der Waals surface area contributed by atoms with Gasteiger partial charge in [-0.15, -0.1) is 0 Å². The minimum Gasteiger partial charge on any atom is -0.370 e. The Balaban J connectivity index is 1.53. The Morgan fingerprint density at radius 1 is 1.17 bits per heavy atom. The summed E-state index contributed by atoms with van der Waals surface area (Å²) in [6, 6.07) is 10.3. The normalized spacial score (nSPS) is 16.7. The Morgan fingerprint density at radius 2 is 1.93 bits per heavy atom. The van der Waals surface area contributed by atoms with Crippen molar-refractivity contribution < 1.29 is 4.79 Å². The fourth-order valence-electron chi connectivity index (χ4n) is 4.19. The number of amides is 1. The molecule has 0 atom stereocenters. The lowest BCUT2D eigenvalue weighted by atomic mass is 10.1. The van der Waals surface area contributed by atoms with E-state index in [4.69, 9.17) is 4.98 Å². The van der Waals surface area contributed by atoms with E-state index in [1.54, 1.807) is 6.20 Å². The van der Waals surface area contributed by atoms with E-state index in [0.29, 0.717) is 11.5 Å². The van der Waals surface area contributed by atoms with Gasteiger partial charge in [-0.1, -0.05) is 12.1 Å². The Morgan fingerprint density at radius 3 is 2.66 bits per heavy atom. The van der Waals surface area contributed by atoms with Crippen molar-refractivity contribution in [2.45, 2.75) is 51.5 Å². The van der Waals surface area contributed by atoms with Crippen LogP contribution in [0.25, 0.3) is 11.0 Å². The van der Waals surface area contributed by atoms with E-state index in [1.807, 2.05) is 28.9 Å². The van der Waals surface area contributed by atoms with Crippen molar-refractivity contribution >= 4 is 28.3 Å². The van der Waals surface area contributed by atoms with Gasteiger partial charge >= 0.3 is 0 Å². The first-order valence-corrected chi connectivity index (χ1v) is 10.7. The number of aromatic nitrogens is 3. The molecule has 0 bridgehead atoms. The number of hydrogen-bond donors (Lipinski definition) is 1. The van der Waals surface area contributed by atoms with Crippen molar-refractivity contribution in [3.8, 4) is 0 Å². The zero-order valence-corrected chi connectivity index (χ0v) is 17.1. The monoisotopic (exact) mass is 389 g/mol. The fraction of sp³-hybridized carbons (Fsp3) is 0.435. The summed E-state index contributed by atoms with van der Waals surface area (Å²) in [7, 11) is 0. The Labute approximate surface area is 170 Å². The lowest BCUT2D eigenvalue weighted by Gasteiger charge is -2.21. The summed E-state index contributed by atoms with van der Waals surface area (Å²) in [4.78, 5) is 20.6. The molecule has 6 nitrogen and oxygen atoms in total. The summed E-state index contributed by atoms with van der Waals surface area (Å²) in [5, 5.41) is 8.51. The number of carbonyl (C=O) groups is 1. The number of pyridine rings is 1. The molecule has 150 valence electrons. The minimum atomic E-state index is -0.0887. The summed E-state index contributed by atoms with van der Waals surface area (Å²) >= 11 is 0. The molecule has 1 aliphatic heterocycles. The third-order valence-electron chi connectivity index (χ3n) is 5.91. The number of nitrogens with zero attached hydrogens (tertiary/aromatic N) is 4. The first kappa shape index (κ1) is 18.2. The summed E-state index contributed by atoms with van der Waals surface area (Å²) < 4.78 is 1.91. The molecular weight excluding hydrogens is 362 g/mol. The highest BCUT2D eigenvalue weighted by Crippen LogP contribution is 2.40. The van der Waals surface area contributed by atoms with Crippen LogP contribution >= 0.6 is 0 Å². The van der Waals surface area contributed by atoms with Gasteiger partial charge in [0.15, 0.2) is 5.65 Å². The van der Waals surface area contributed by atoms with Crippen LogP contribution < -0.4 is 10.2 Å². The number of nitrogens with one attached hydrogen (secondary N) is 1. The average Bonchev–Trinajstić information content (AvgIpc) is 3.25. The maximum absolute atomic E-state index is 13.4. The molecule has 1 saturated heterocycles. The van der Waals surface area contributed by atoms with Crippen molar-refractivity contribution in [3.05, 3.63) is 47.8 Å². The number of rotatable bonds is 5. The highest BCUT2D eigenvalue weighted by atomic mass is 16.1. The SMILES string of the molecule is CC(C)n1ncc2c(C(=O)Nc3ccccc3N3CCCC3)cc(C3CC3)nc21. The third-order valence-corrected chi connectivity index (χ3v) is 5.91. The number of benzene rings is 1. The van der Waals surface area contributed by atoms with E-state index in [1.165, 1.54) is 12.8 Å². The molecule has 5 rings (SSSR count). The molecule has 1 aromatic carbocycles. The van der Waals surface area contributed by atoms with Gasteiger partial charge in [-0.05, 0) is 57.7 Å². The highest BCUT2D eigenvalue weighted by molar-refractivity contribution is 6.13. The van der Waals surface area contributed by atoms with Crippen LogP contribution in [0.1, 0.15) is 67.5 Å². The largest absolute Gasteiger partial charge is 0.370 e. The summed E-state index contributed by atoms with van der Waals surface area (Å²) in [5.41, 5.74) is 4.46. The van der Waals surface area contributed by atoms with E-state index in [2.05, 4.69) is 35.2 Å². The van der Waals surface area contributed by atoms with Gasteiger partial charge in [0.25, 0.3) is 5.91 Å². The van der Waals surface area contributed by atoms with Gasteiger partial charge in [0.05, 0.1) is 28.5 Å². The minimum absolute atomic E-state index is 0.0887. The Hall–Kier alpha value is -2.89. The molecule has 29 heavy (non-hydrogen) atoms. The molecule has 2 aliphatic rings. The molecule has 0 radical (unpaired) electrons. The second kappa shape index (κ2) is 7.17. The lowest BCUT2D eigenvalue weighted by molar-refractivity contribution is 0.102. The van der Waals surface area contributed by atoms with Crippen molar-refractivity contribution in [1.29, 1.82) is 0 Å². The maximum Gasteiger partial charge on any atom is 0.256 e. The second-order valence-electron chi connectivity index (χ2n) is 8.45. The van der Waals surface area contributed by atoms with Gasteiger partial charge in [0.1, 0.15) is 0 Å². The molecular formula is C23H27N5O. The zero-order valence-electron chi connectivity index (χ0n) is 17.1. The predicted molar refractivity (Wildman–Crippen MR) is 116 cm³/mol. The van der Waals surface area contributed by atoms with Crippen molar-refractivity contribution in [2.24, 2.45) is 0 Å². The number of fused-ring (bicyclic) bond motifs is 1. The zero-order chi connectivity index (χ0) is 20.0. The first-order chi connectivity index (χ1) is 14.1. The number of carbonyl (C=O) groups excluding carboxylic acids is 1. The van der Waals surface area contributed by atoms with Crippen LogP contribution in [0.2, 0.25) is 0 Å². The molecule has 2 fully saturated rings. The summed E-state index contributed by atoms with van der Waals surface area (Å²) in [6.45, 7) is 6.26. The van der Waals surface area contributed by atoms with E-state index >= 15 is 0 Å². The van der Waals surface area contributed by atoms with Crippen molar-refractivity contribution in [1.82, 2.24) is 14.8 Å². The highest BCUT2D eigenvalue weighted by Gasteiger charge is 2.28.